The van der Waals surface area contributed by atoms with Crippen LogP contribution < -0.4 is 10.6 Å². The van der Waals surface area contributed by atoms with E-state index in [1.54, 1.807) is 6.20 Å². The fourth-order valence-corrected chi connectivity index (χ4v) is 6.95. The maximum Gasteiger partial charge on any atom is 0.0906 e. The molecule has 46 heavy (non-hydrogen) atoms. The van der Waals surface area contributed by atoms with Gasteiger partial charge in [0.1, 0.15) is 0 Å². The van der Waals surface area contributed by atoms with Crippen molar-refractivity contribution in [1.29, 1.82) is 0 Å². The van der Waals surface area contributed by atoms with Gasteiger partial charge in [0.2, 0.25) is 0 Å². The lowest BCUT2D eigenvalue weighted by Crippen LogP contribution is -2.51. The average molecular weight is 652 g/mol. The third-order valence-electron chi connectivity index (χ3n) is 8.10. The third kappa shape index (κ3) is 16.9. The van der Waals surface area contributed by atoms with Gasteiger partial charge in [-0.1, -0.05) is 103 Å². The van der Waals surface area contributed by atoms with Crippen LogP contribution in [-0.2, 0) is 4.74 Å². The van der Waals surface area contributed by atoms with Gasteiger partial charge in [-0.2, -0.15) is 0 Å². The summed E-state index contributed by atoms with van der Waals surface area (Å²) in [7, 11) is 1.87. The first-order valence-corrected chi connectivity index (χ1v) is 18.5. The quantitative estimate of drug-likeness (QED) is 0.187. The Morgan fingerprint density at radius 1 is 0.957 bits per heavy atom. The largest absolute Gasteiger partial charge is 0.387 e. The molecule has 4 rings (SSSR count). The van der Waals surface area contributed by atoms with Crippen LogP contribution in [0.15, 0.2) is 92.0 Å². The maximum absolute atomic E-state index is 6.15. The van der Waals surface area contributed by atoms with Gasteiger partial charge in [-0.3, -0.25) is 0 Å². The fourth-order valence-electron chi connectivity index (χ4n) is 5.93. The van der Waals surface area contributed by atoms with Crippen LogP contribution >= 0.6 is 11.8 Å². The van der Waals surface area contributed by atoms with E-state index in [1.807, 2.05) is 46.6 Å². The molecule has 2 N–H and O–H groups in total. The maximum atomic E-state index is 6.15. The summed E-state index contributed by atoms with van der Waals surface area (Å²) in [5.41, 5.74) is 3.60. The van der Waals surface area contributed by atoms with Crippen molar-refractivity contribution in [1.82, 2.24) is 15.5 Å². The van der Waals surface area contributed by atoms with E-state index in [4.69, 9.17) is 4.74 Å². The SMILES string of the molecule is C=C.C=C(NC(CSc1ccccc1)C(CN1CCC2CCCCC2C1)OC)c1ccccc1C.C=CNC(C)(C)C.CC.CC. The van der Waals surface area contributed by atoms with E-state index >= 15 is 0 Å². The molecule has 1 aliphatic heterocycles. The van der Waals surface area contributed by atoms with Crippen molar-refractivity contribution in [2.24, 2.45) is 11.8 Å². The number of rotatable bonds is 11. The number of thioether (sulfide) groups is 1. The molecule has 0 spiro atoms. The molecule has 1 saturated carbocycles. The molecule has 0 radical (unpaired) electrons. The van der Waals surface area contributed by atoms with E-state index in [1.165, 1.54) is 61.2 Å². The normalized spacial score (nSPS) is 18.4. The number of nitrogens with zero attached hydrogens (tertiary/aromatic N) is 1. The van der Waals surface area contributed by atoms with Crippen molar-refractivity contribution >= 4 is 17.5 Å². The third-order valence-corrected chi connectivity index (χ3v) is 9.23. The van der Waals surface area contributed by atoms with Crippen LogP contribution in [0.4, 0.5) is 0 Å². The zero-order valence-electron chi connectivity index (χ0n) is 31.0. The van der Waals surface area contributed by atoms with Crippen molar-refractivity contribution in [2.45, 2.75) is 110 Å². The highest BCUT2D eigenvalue weighted by Crippen LogP contribution is 2.36. The van der Waals surface area contributed by atoms with Crippen LogP contribution in [0.25, 0.3) is 5.70 Å². The second-order valence-corrected chi connectivity index (χ2v) is 13.5. The van der Waals surface area contributed by atoms with Crippen LogP contribution in [0.2, 0.25) is 0 Å². The number of nitrogens with one attached hydrogen (secondary N) is 2. The molecule has 1 saturated heterocycles. The number of fused-ring (bicyclic) bond motifs is 1. The highest BCUT2D eigenvalue weighted by molar-refractivity contribution is 7.99. The Morgan fingerprint density at radius 3 is 2.09 bits per heavy atom. The van der Waals surface area contributed by atoms with Crippen LogP contribution in [-0.4, -0.2) is 55.1 Å². The fraction of sp³-hybridized carbons (Fsp3) is 0.561. The molecule has 2 aromatic carbocycles. The summed E-state index contributed by atoms with van der Waals surface area (Å²) < 4.78 is 6.15. The van der Waals surface area contributed by atoms with E-state index in [-0.39, 0.29) is 17.7 Å². The first-order valence-electron chi connectivity index (χ1n) is 17.5. The number of piperidine rings is 1. The van der Waals surface area contributed by atoms with Crippen LogP contribution in [0.5, 0.6) is 0 Å². The van der Waals surface area contributed by atoms with Crippen molar-refractivity contribution in [2.75, 3.05) is 32.5 Å². The summed E-state index contributed by atoms with van der Waals surface area (Å²) in [5, 5.41) is 6.82. The summed E-state index contributed by atoms with van der Waals surface area (Å²) >= 11 is 1.89. The molecule has 4 atom stereocenters. The van der Waals surface area contributed by atoms with Gasteiger partial charge in [0.25, 0.3) is 0 Å². The molecule has 0 amide bonds. The lowest BCUT2D eigenvalue weighted by Gasteiger charge is -2.43. The highest BCUT2D eigenvalue weighted by atomic mass is 32.2. The van der Waals surface area contributed by atoms with Crippen LogP contribution in [0.3, 0.4) is 0 Å². The minimum Gasteiger partial charge on any atom is -0.387 e. The first-order chi connectivity index (χ1) is 22.2. The minimum absolute atomic E-state index is 0.113. The molecule has 0 aromatic heterocycles. The summed E-state index contributed by atoms with van der Waals surface area (Å²) in [6, 6.07) is 19.3. The predicted octanol–water partition coefficient (Wildman–Crippen LogP) is 10.6. The van der Waals surface area contributed by atoms with Gasteiger partial charge in [-0.15, -0.1) is 24.9 Å². The van der Waals surface area contributed by atoms with E-state index in [0.717, 1.165) is 29.8 Å². The molecule has 1 heterocycles. The summed E-state index contributed by atoms with van der Waals surface area (Å²) in [5.74, 6) is 2.78. The monoisotopic (exact) mass is 652 g/mol. The second kappa shape index (κ2) is 25.6. The Balaban J connectivity index is 0.00000135. The Morgan fingerprint density at radius 2 is 1.54 bits per heavy atom. The number of methoxy groups -OCH3 is 1. The number of hydrogen-bond donors (Lipinski definition) is 2. The summed E-state index contributed by atoms with van der Waals surface area (Å²) in [6.45, 7) is 33.8. The van der Waals surface area contributed by atoms with Gasteiger partial charge >= 0.3 is 0 Å². The first kappa shape index (κ1) is 43.5. The van der Waals surface area contributed by atoms with Gasteiger partial charge < -0.3 is 20.3 Å². The number of likely N-dealkylation sites (tertiary alicyclic amines) is 1. The average Bonchev–Trinajstić information content (AvgIpc) is 3.08. The molecule has 4 unspecified atom stereocenters. The lowest BCUT2D eigenvalue weighted by atomic mass is 9.75. The van der Waals surface area contributed by atoms with E-state index in [2.05, 4.69) is 124 Å². The lowest BCUT2D eigenvalue weighted by molar-refractivity contribution is 0.0142. The molecule has 0 bridgehead atoms. The smallest absolute Gasteiger partial charge is 0.0906 e. The van der Waals surface area contributed by atoms with Crippen molar-refractivity contribution in [3.8, 4) is 0 Å². The van der Waals surface area contributed by atoms with Crippen molar-refractivity contribution < 1.29 is 4.74 Å². The van der Waals surface area contributed by atoms with Crippen molar-refractivity contribution in [3.05, 3.63) is 98.2 Å². The molecule has 4 nitrogen and oxygen atoms in total. The Kier molecular flexibility index (Phi) is 24.2. The van der Waals surface area contributed by atoms with E-state index in [0.29, 0.717) is 0 Å². The highest BCUT2D eigenvalue weighted by Gasteiger charge is 2.33. The van der Waals surface area contributed by atoms with Gasteiger partial charge in [0, 0.05) is 42.1 Å². The molecule has 1 aliphatic carbocycles. The number of hydrogen-bond acceptors (Lipinski definition) is 5. The molecule has 5 heteroatoms. The van der Waals surface area contributed by atoms with Crippen LogP contribution in [0, 0.1) is 18.8 Å². The standard InChI is InChI=1S/C29H40N2OS.C6H13N.2C2H6.C2H4/c1-22-11-7-10-16-27(22)23(2)30-28(21-33-26-14-5-4-6-15-26)29(32-3)20-31-18-17-24-12-8-9-13-25(24)19-31;1-5-7-6(2,3)4;3*1-2/h4-7,10-11,14-16,24-25,28-30H,2,8-9,12-13,17-21H2,1,3H3;5,7H,1H2,2-4H3;2*1-2H3;1-2H2. The number of benzene rings is 2. The van der Waals surface area contributed by atoms with Crippen LogP contribution in [0.1, 0.15) is 91.7 Å². The number of ether oxygens (including phenoxy) is 1. The molecular weight excluding hydrogens is 583 g/mol. The summed E-state index contributed by atoms with van der Waals surface area (Å²) in [4.78, 5) is 3.96. The molecule has 260 valence electrons. The van der Waals surface area contributed by atoms with Gasteiger partial charge in [-0.25, -0.2) is 0 Å². The Hall–Kier alpha value is -2.47. The van der Waals surface area contributed by atoms with E-state index in [9.17, 15) is 0 Å². The number of aryl methyl sites for hydroxylation is 1. The molecule has 2 aliphatic rings. The zero-order chi connectivity index (χ0) is 35.0. The zero-order valence-corrected chi connectivity index (χ0v) is 31.9. The Labute approximate surface area is 289 Å². The molecule has 2 fully saturated rings. The molecule has 2 aromatic rings. The summed E-state index contributed by atoms with van der Waals surface area (Å²) in [6.07, 6.45) is 8.88. The topological polar surface area (TPSA) is 36.5 Å². The molecular formula is C41H69N3OS. The van der Waals surface area contributed by atoms with Gasteiger partial charge in [0.15, 0.2) is 0 Å². The predicted molar refractivity (Wildman–Crippen MR) is 209 cm³/mol. The van der Waals surface area contributed by atoms with Gasteiger partial charge in [0.05, 0.1) is 12.1 Å². The van der Waals surface area contributed by atoms with E-state index < -0.39 is 0 Å². The van der Waals surface area contributed by atoms with Crippen molar-refractivity contribution in [3.63, 3.8) is 0 Å². The minimum atomic E-state index is 0.113. The van der Waals surface area contributed by atoms with Gasteiger partial charge in [-0.05, 0) is 88.4 Å². The Bertz CT molecular complexity index is 1050. The second-order valence-electron chi connectivity index (χ2n) is 12.4.